The molecule has 0 heterocycles. The highest BCUT2D eigenvalue weighted by molar-refractivity contribution is 5.88. The maximum Gasteiger partial charge on any atom is 0.303 e. The second kappa shape index (κ2) is 11.9. The van der Waals surface area contributed by atoms with Crippen molar-refractivity contribution in [2.75, 3.05) is 0 Å². The van der Waals surface area contributed by atoms with Crippen molar-refractivity contribution >= 4 is 11.8 Å². The van der Waals surface area contributed by atoms with E-state index in [2.05, 4.69) is 11.8 Å². The number of aliphatic carboxylic acids is 1. The van der Waals surface area contributed by atoms with Crippen molar-refractivity contribution in [3.05, 3.63) is 0 Å². The number of unbranched alkanes of at least 4 members (excludes halogenated alkanes) is 5. The minimum Gasteiger partial charge on any atom is -0.481 e. The maximum absolute atomic E-state index is 12.7. The third kappa shape index (κ3) is 6.53. The van der Waals surface area contributed by atoms with E-state index >= 15 is 0 Å². The molecule has 0 aromatic heterocycles. The smallest absolute Gasteiger partial charge is 0.303 e. The molecule has 0 saturated heterocycles. The van der Waals surface area contributed by atoms with Crippen LogP contribution in [0.15, 0.2) is 0 Å². The average Bonchev–Trinajstić information content (AvgIpc) is 2.81. The Labute approximate surface area is 169 Å². The predicted octanol–water partition coefficient (Wildman–Crippen LogP) is 4.98. The standard InChI is InChI=1S/C22H40O6/c1-4-5-8-11-17(28-27)13-15-22(3)19(24)16-18(23)21(22,2)14-10-7-6-9-12-20(25)26/h17,19,24,27H,4-16H2,1-3H3,(H,25,26)/t17?,19-,21+,22+/m1/s1. The molecule has 0 bridgehead atoms. The Balaban J connectivity index is 2.63. The van der Waals surface area contributed by atoms with Crippen LogP contribution in [0.1, 0.15) is 104 Å². The van der Waals surface area contributed by atoms with Gasteiger partial charge in [-0.05, 0) is 32.1 Å². The Morgan fingerprint density at radius 3 is 2.39 bits per heavy atom. The number of hydrogen-bond donors (Lipinski definition) is 3. The summed E-state index contributed by atoms with van der Waals surface area (Å²) in [4.78, 5) is 28.0. The van der Waals surface area contributed by atoms with E-state index < -0.39 is 22.9 Å². The number of aliphatic hydroxyl groups excluding tert-OH is 1. The molecule has 0 radical (unpaired) electrons. The van der Waals surface area contributed by atoms with Crippen LogP contribution in [-0.2, 0) is 14.5 Å². The number of ketones is 1. The van der Waals surface area contributed by atoms with Gasteiger partial charge in [-0.25, -0.2) is 4.89 Å². The first-order valence-electron chi connectivity index (χ1n) is 10.9. The van der Waals surface area contributed by atoms with Crippen molar-refractivity contribution in [1.82, 2.24) is 0 Å². The van der Waals surface area contributed by atoms with Crippen LogP contribution >= 0.6 is 0 Å². The molecule has 6 heteroatoms. The lowest BCUT2D eigenvalue weighted by atomic mass is 9.62. The van der Waals surface area contributed by atoms with Gasteiger partial charge in [0.2, 0.25) is 0 Å². The summed E-state index contributed by atoms with van der Waals surface area (Å²) in [5.74, 6) is -0.659. The molecular weight excluding hydrogens is 360 g/mol. The Morgan fingerprint density at radius 2 is 1.79 bits per heavy atom. The highest BCUT2D eigenvalue weighted by atomic mass is 17.1. The number of rotatable bonds is 15. The Bertz CT molecular complexity index is 493. The Kier molecular flexibility index (Phi) is 10.6. The first kappa shape index (κ1) is 25.1. The summed E-state index contributed by atoms with van der Waals surface area (Å²) in [6.45, 7) is 6.09. The number of hydrogen-bond acceptors (Lipinski definition) is 5. The summed E-state index contributed by atoms with van der Waals surface area (Å²) in [6, 6.07) is 0. The van der Waals surface area contributed by atoms with Crippen molar-refractivity contribution < 1.29 is 29.9 Å². The van der Waals surface area contributed by atoms with Gasteiger partial charge in [-0.3, -0.25) is 14.8 Å². The molecule has 4 atom stereocenters. The highest BCUT2D eigenvalue weighted by Gasteiger charge is 2.58. The van der Waals surface area contributed by atoms with Crippen LogP contribution in [0.5, 0.6) is 0 Å². The first-order chi connectivity index (χ1) is 13.2. The zero-order valence-electron chi connectivity index (χ0n) is 17.9. The van der Waals surface area contributed by atoms with E-state index in [-0.39, 0.29) is 24.7 Å². The quantitative estimate of drug-likeness (QED) is 0.203. The fourth-order valence-electron chi connectivity index (χ4n) is 4.62. The zero-order chi connectivity index (χ0) is 21.2. The summed E-state index contributed by atoms with van der Waals surface area (Å²) < 4.78 is 0. The topological polar surface area (TPSA) is 104 Å². The summed E-state index contributed by atoms with van der Waals surface area (Å²) in [7, 11) is 0. The third-order valence-corrected chi connectivity index (χ3v) is 7.07. The molecule has 0 amide bonds. The van der Waals surface area contributed by atoms with Crippen LogP contribution in [0.2, 0.25) is 0 Å². The number of carbonyl (C=O) groups is 2. The molecule has 1 unspecified atom stereocenters. The van der Waals surface area contributed by atoms with Crippen molar-refractivity contribution in [3.63, 3.8) is 0 Å². The summed E-state index contributed by atoms with van der Waals surface area (Å²) >= 11 is 0. The van der Waals surface area contributed by atoms with E-state index in [0.29, 0.717) is 25.7 Å². The van der Waals surface area contributed by atoms with Crippen LogP contribution in [0.3, 0.4) is 0 Å². The summed E-state index contributed by atoms with van der Waals surface area (Å²) in [6.07, 6.45) is 8.61. The van der Waals surface area contributed by atoms with Crippen LogP contribution < -0.4 is 0 Å². The lowest BCUT2D eigenvalue weighted by Gasteiger charge is -2.42. The average molecular weight is 401 g/mol. The molecule has 0 aromatic carbocycles. The predicted molar refractivity (Wildman–Crippen MR) is 108 cm³/mol. The number of carbonyl (C=O) groups excluding carboxylic acids is 1. The minimum absolute atomic E-state index is 0.112. The normalized spacial score (nSPS) is 28.6. The van der Waals surface area contributed by atoms with E-state index in [9.17, 15) is 20.0 Å². The molecule has 28 heavy (non-hydrogen) atoms. The number of carboxylic acid groups (broad SMARTS) is 1. The van der Waals surface area contributed by atoms with Crippen molar-refractivity contribution in [3.8, 4) is 0 Å². The van der Waals surface area contributed by atoms with Gasteiger partial charge in [-0.1, -0.05) is 59.3 Å². The third-order valence-electron chi connectivity index (χ3n) is 7.07. The monoisotopic (exact) mass is 400 g/mol. The second-order valence-corrected chi connectivity index (χ2v) is 8.96. The van der Waals surface area contributed by atoms with Gasteiger partial charge < -0.3 is 10.2 Å². The fraction of sp³-hybridized carbons (Fsp3) is 0.909. The molecule has 1 aliphatic carbocycles. The zero-order valence-corrected chi connectivity index (χ0v) is 17.9. The molecule has 3 N–H and O–H groups in total. The fourth-order valence-corrected chi connectivity index (χ4v) is 4.62. The lowest BCUT2D eigenvalue weighted by Crippen LogP contribution is -2.42. The van der Waals surface area contributed by atoms with Crippen LogP contribution in [0.25, 0.3) is 0 Å². The first-order valence-corrected chi connectivity index (χ1v) is 10.9. The molecule has 0 aliphatic heterocycles. The van der Waals surface area contributed by atoms with E-state index in [1.807, 2.05) is 13.8 Å². The summed E-state index contributed by atoms with van der Waals surface area (Å²) in [5, 5.41) is 28.6. The largest absolute Gasteiger partial charge is 0.481 e. The summed E-state index contributed by atoms with van der Waals surface area (Å²) in [5.41, 5.74) is -1.13. The van der Waals surface area contributed by atoms with E-state index in [1.54, 1.807) is 0 Å². The number of carboxylic acids is 1. The highest BCUT2D eigenvalue weighted by Crippen LogP contribution is 2.56. The molecule has 164 valence electrons. The SMILES string of the molecule is CCCCCC(CC[C@@]1(C)[C@H](O)CC(=O)[C@]1(C)CCCCCCC(=O)O)OO. The Hall–Kier alpha value is -0.980. The van der Waals surface area contributed by atoms with Gasteiger partial charge in [0.05, 0.1) is 12.2 Å². The maximum atomic E-state index is 12.7. The van der Waals surface area contributed by atoms with E-state index in [4.69, 9.17) is 5.11 Å². The van der Waals surface area contributed by atoms with Gasteiger partial charge in [-0.2, -0.15) is 0 Å². The van der Waals surface area contributed by atoms with E-state index in [0.717, 1.165) is 44.9 Å². The number of Topliss-reactive ketones (excluding diaryl/α,β-unsaturated/α-hetero) is 1. The van der Waals surface area contributed by atoms with Crippen LogP contribution in [0, 0.1) is 10.8 Å². The van der Waals surface area contributed by atoms with Gasteiger partial charge >= 0.3 is 5.97 Å². The molecule has 1 rings (SSSR count). The van der Waals surface area contributed by atoms with Gasteiger partial charge in [0, 0.05) is 23.7 Å². The molecule has 1 fully saturated rings. The van der Waals surface area contributed by atoms with E-state index in [1.165, 1.54) is 0 Å². The second-order valence-electron chi connectivity index (χ2n) is 8.96. The number of aliphatic hydroxyl groups is 1. The van der Waals surface area contributed by atoms with Crippen molar-refractivity contribution in [1.29, 1.82) is 0 Å². The molecule has 0 aromatic rings. The molecular formula is C22H40O6. The molecule has 1 saturated carbocycles. The van der Waals surface area contributed by atoms with Gasteiger partial charge in [0.25, 0.3) is 0 Å². The molecule has 0 spiro atoms. The Morgan fingerprint density at radius 1 is 1.11 bits per heavy atom. The molecule has 6 nitrogen and oxygen atoms in total. The van der Waals surface area contributed by atoms with Gasteiger partial charge in [0.1, 0.15) is 5.78 Å². The van der Waals surface area contributed by atoms with Gasteiger partial charge in [0.15, 0.2) is 0 Å². The van der Waals surface area contributed by atoms with Gasteiger partial charge in [-0.15, -0.1) is 0 Å². The lowest BCUT2D eigenvalue weighted by molar-refractivity contribution is -0.283. The van der Waals surface area contributed by atoms with Crippen LogP contribution in [-0.4, -0.2) is 39.4 Å². The van der Waals surface area contributed by atoms with Crippen molar-refractivity contribution in [2.24, 2.45) is 10.8 Å². The van der Waals surface area contributed by atoms with Crippen LogP contribution in [0.4, 0.5) is 0 Å². The molecule has 1 aliphatic rings. The van der Waals surface area contributed by atoms with Crippen molar-refractivity contribution in [2.45, 2.75) is 116 Å². The minimum atomic E-state index is -0.770.